The maximum atomic E-state index is 13.2. The average molecular weight is 858 g/mol. The molecule has 0 aliphatic rings. The number of rotatable bonds is 48. The van der Waals surface area contributed by atoms with E-state index in [1.165, 1.54) is 154 Å². The minimum atomic E-state index is -0.790. The second-order valence-corrected chi connectivity index (χ2v) is 18.3. The van der Waals surface area contributed by atoms with Gasteiger partial charge in [-0.3, -0.25) is 9.59 Å². The van der Waals surface area contributed by atoms with Crippen molar-refractivity contribution in [2.45, 2.75) is 296 Å². The molecule has 0 aromatic rings. The molecule has 0 aliphatic heterocycles. The van der Waals surface area contributed by atoms with Crippen molar-refractivity contribution < 1.29 is 24.5 Å². The maximum absolute atomic E-state index is 13.2. The summed E-state index contributed by atoms with van der Waals surface area (Å²) in [5.74, 6) is -0.488. The first-order valence-electron chi connectivity index (χ1n) is 26.7. The van der Waals surface area contributed by atoms with Gasteiger partial charge in [-0.15, -0.1) is 0 Å². The quantitative estimate of drug-likeness (QED) is 0.0322. The van der Waals surface area contributed by atoms with Crippen LogP contribution in [0.5, 0.6) is 0 Å². The van der Waals surface area contributed by atoms with Gasteiger partial charge in [-0.25, -0.2) is 0 Å². The fraction of sp³-hybridized carbons (Fsp3) is 0.855. The number of hydrogen-bond donors (Lipinski definition) is 3. The number of aliphatic hydroxyl groups excluding tert-OH is 2. The number of aliphatic hydroxyl groups is 2. The molecule has 1 amide bonds. The predicted molar refractivity (Wildman–Crippen MR) is 264 cm³/mol. The van der Waals surface area contributed by atoms with Crippen molar-refractivity contribution >= 4 is 11.9 Å². The molecule has 3 N–H and O–H groups in total. The number of unbranched alkanes of at least 4 members (excludes halogenated alkanes) is 30. The van der Waals surface area contributed by atoms with E-state index in [9.17, 15) is 19.8 Å². The van der Waals surface area contributed by atoms with Crippen molar-refractivity contribution in [3.05, 3.63) is 36.5 Å². The second-order valence-electron chi connectivity index (χ2n) is 18.3. The molecule has 0 saturated heterocycles. The van der Waals surface area contributed by atoms with Crippen molar-refractivity contribution in [3.63, 3.8) is 0 Å². The Balaban J connectivity index is 4.60. The first-order valence-corrected chi connectivity index (χ1v) is 26.7. The number of amides is 1. The Hall–Kier alpha value is -1.92. The molecule has 61 heavy (non-hydrogen) atoms. The monoisotopic (exact) mass is 858 g/mol. The van der Waals surface area contributed by atoms with Crippen LogP contribution in [0, 0.1) is 0 Å². The zero-order valence-electron chi connectivity index (χ0n) is 40.8. The van der Waals surface area contributed by atoms with Crippen molar-refractivity contribution in [1.82, 2.24) is 5.32 Å². The minimum absolute atomic E-state index is 0.0672. The lowest BCUT2D eigenvalue weighted by Crippen LogP contribution is -2.46. The summed E-state index contributed by atoms with van der Waals surface area (Å²) in [5, 5.41) is 23.8. The lowest BCUT2D eigenvalue weighted by molar-refractivity contribution is -0.151. The van der Waals surface area contributed by atoms with Crippen LogP contribution in [0.1, 0.15) is 278 Å². The van der Waals surface area contributed by atoms with Gasteiger partial charge in [0.05, 0.1) is 25.2 Å². The van der Waals surface area contributed by atoms with Gasteiger partial charge in [0.2, 0.25) is 5.91 Å². The molecule has 0 aromatic carbocycles. The van der Waals surface area contributed by atoms with Crippen LogP contribution in [0.3, 0.4) is 0 Å². The van der Waals surface area contributed by atoms with E-state index in [1.807, 2.05) is 0 Å². The summed E-state index contributed by atoms with van der Waals surface area (Å²) in [6.07, 6.45) is 57.7. The third-order valence-electron chi connectivity index (χ3n) is 12.2. The van der Waals surface area contributed by atoms with Crippen LogP contribution in [0.4, 0.5) is 0 Å². The first kappa shape index (κ1) is 59.1. The van der Waals surface area contributed by atoms with Gasteiger partial charge in [-0.05, 0) is 83.5 Å². The van der Waals surface area contributed by atoms with Crippen LogP contribution in [0.15, 0.2) is 36.5 Å². The molecule has 0 heterocycles. The molecule has 0 rings (SSSR count). The summed E-state index contributed by atoms with van der Waals surface area (Å²) in [6, 6.07) is -0.705. The molecule has 0 aliphatic carbocycles. The molecule has 3 atom stereocenters. The van der Waals surface area contributed by atoms with E-state index in [-0.39, 0.29) is 24.9 Å². The van der Waals surface area contributed by atoms with Gasteiger partial charge < -0.3 is 20.3 Å². The molecular weight excluding hydrogens is 755 g/mol. The van der Waals surface area contributed by atoms with E-state index in [2.05, 4.69) is 62.5 Å². The third-order valence-corrected chi connectivity index (χ3v) is 12.2. The fourth-order valence-corrected chi connectivity index (χ4v) is 8.10. The van der Waals surface area contributed by atoms with Crippen LogP contribution in [0.2, 0.25) is 0 Å². The van der Waals surface area contributed by atoms with Crippen molar-refractivity contribution in [3.8, 4) is 0 Å². The highest BCUT2D eigenvalue weighted by Gasteiger charge is 2.24. The van der Waals surface area contributed by atoms with Gasteiger partial charge >= 0.3 is 5.97 Å². The Bertz CT molecular complexity index is 1010. The molecule has 0 fully saturated rings. The molecular formula is C55H103NO5. The SMILES string of the molecule is CCCCC/C=C\C/C=C\CCCCCCCC(CC(=O)NC(CO)C(O)CCCCCCCCCCCCC)OC(=O)CCCCCCC/C=C/CCCCCCCCC. The van der Waals surface area contributed by atoms with Crippen molar-refractivity contribution in [2.75, 3.05) is 6.61 Å². The molecule has 0 bridgehead atoms. The predicted octanol–water partition coefficient (Wildman–Crippen LogP) is 16.1. The normalized spacial score (nSPS) is 13.5. The highest BCUT2D eigenvalue weighted by Crippen LogP contribution is 2.18. The lowest BCUT2D eigenvalue weighted by Gasteiger charge is -2.24. The fourth-order valence-electron chi connectivity index (χ4n) is 8.10. The molecule has 6 heteroatoms. The largest absolute Gasteiger partial charge is 0.462 e. The maximum Gasteiger partial charge on any atom is 0.306 e. The molecule has 0 saturated carbocycles. The van der Waals surface area contributed by atoms with Crippen LogP contribution >= 0.6 is 0 Å². The highest BCUT2D eigenvalue weighted by atomic mass is 16.5. The Labute approximate surface area is 379 Å². The summed E-state index contributed by atoms with van der Waals surface area (Å²) >= 11 is 0. The van der Waals surface area contributed by atoms with Gasteiger partial charge in [0.1, 0.15) is 6.10 Å². The van der Waals surface area contributed by atoms with Crippen LogP contribution in [-0.4, -0.2) is 46.9 Å². The number of esters is 1. The number of carbonyl (C=O) groups excluding carboxylic acids is 2. The van der Waals surface area contributed by atoms with E-state index in [0.717, 1.165) is 77.0 Å². The molecule has 0 aromatic heterocycles. The van der Waals surface area contributed by atoms with Crippen molar-refractivity contribution in [1.29, 1.82) is 0 Å². The lowest BCUT2D eigenvalue weighted by atomic mass is 10.0. The number of carbonyl (C=O) groups is 2. The van der Waals surface area contributed by atoms with Gasteiger partial charge in [0.15, 0.2) is 0 Å². The first-order chi connectivity index (χ1) is 30.0. The Morgan fingerprint density at radius 2 is 0.836 bits per heavy atom. The third kappa shape index (κ3) is 44.5. The summed E-state index contributed by atoms with van der Waals surface area (Å²) in [7, 11) is 0. The number of hydrogen-bond acceptors (Lipinski definition) is 5. The van der Waals surface area contributed by atoms with Gasteiger partial charge in [0, 0.05) is 6.42 Å². The number of allylic oxidation sites excluding steroid dienone is 6. The summed E-state index contributed by atoms with van der Waals surface area (Å²) in [5.41, 5.74) is 0. The standard InChI is InChI=1S/C55H103NO5/c1-4-7-10-13-16-19-22-24-26-28-30-33-36-39-42-45-48-55(60)61-51(46-43-40-37-34-32-29-27-25-23-20-17-14-11-8-5-2)49-54(59)56-52(50-57)53(58)47-44-41-38-35-31-21-18-15-12-9-6-3/h17,20,25-28,51-53,57-58H,4-16,18-19,21-24,29-50H2,1-3H3,(H,56,59)/b20-17-,27-25-,28-26+. The smallest absolute Gasteiger partial charge is 0.306 e. The topological polar surface area (TPSA) is 95.9 Å². The van der Waals surface area contributed by atoms with Crippen LogP contribution < -0.4 is 5.32 Å². The Morgan fingerprint density at radius 3 is 1.30 bits per heavy atom. The second kappa shape index (κ2) is 49.1. The molecule has 358 valence electrons. The van der Waals surface area contributed by atoms with Gasteiger partial charge in [-0.1, -0.05) is 218 Å². The average Bonchev–Trinajstić information content (AvgIpc) is 3.25. The zero-order valence-corrected chi connectivity index (χ0v) is 40.8. The number of nitrogens with one attached hydrogen (secondary N) is 1. The molecule has 6 nitrogen and oxygen atoms in total. The zero-order chi connectivity index (χ0) is 44.5. The van der Waals surface area contributed by atoms with E-state index in [0.29, 0.717) is 19.3 Å². The highest BCUT2D eigenvalue weighted by molar-refractivity contribution is 5.77. The van der Waals surface area contributed by atoms with Crippen molar-refractivity contribution in [2.24, 2.45) is 0 Å². The Morgan fingerprint density at radius 1 is 0.475 bits per heavy atom. The van der Waals surface area contributed by atoms with E-state index in [4.69, 9.17) is 4.74 Å². The Kier molecular flexibility index (Phi) is 47.6. The minimum Gasteiger partial charge on any atom is -0.462 e. The van der Waals surface area contributed by atoms with Gasteiger partial charge in [-0.2, -0.15) is 0 Å². The van der Waals surface area contributed by atoms with E-state index >= 15 is 0 Å². The number of ether oxygens (including phenoxy) is 1. The summed E-state index contributed by atoms with van der Waals surface area (Å²) in [4.78, 5) is 26.2. The van der Waals surface area contributed by atoms with E-state index < -0.39 is 18.2 Å². The summed E-state index contributed by atoms with van der Waals surface area (Å²) < 4.78 is 5.94. The van der Waals surface area contributed by atoms with Gasteiger partial charge in [0.25, 0.3) is 0 Å². The van der Waals surface area contributed by atoms with Crippen LogP contribution in [-0.2, 0) is 14.3 Å². The molecule has 3 unspecified atom stereocenters. The van der Waals surface area contributed by atoms with Crippen LogP contribution in [0.25, 0.3) is 0 Å². The molecule has 0 radical (unpaired) electrons. The van der Waals surface area contributed by atoms with E-state index in [1.54, 1.807) is 0 Å². The molecule has 0 spiro atoms. The summed E-state index contributed by atoms with van der Waals surface area (Å²) in [6.45, 7) is 6.46.